The molecule has 6 rings (SSSR count). The Morgan fingerprint density at radius 3 is 2.57 bits per heavy atom. The molecular weight excluding hydrogens is 395 g/mol. The molecule has 0 spiro atoms. The molecule has 1 unspecified atom stereocenters. The first-order chi connectivity index (χ1) is 13.9. The van der Waals surface area contributed by atoms with Crippen LogP contribution in [0, 0.1) is 11.8 Å². The van der Waals surface area contributed by atoms with Crippen molar-refractivity contribution in [3.8, 4) is 11.3 Å². The van der Waals surface area contributed by atoms with Crippen molar-refractivity contribution in [3.63, 3.8) is 0 Å². The summed E-state index contributed by atoms with van der Waals surface area (Å²) in [5, 5.41) is 14.9. The predicted molar refractivity (Wildman–Crippen MR) is 106 cm³/mol. The molecule has 4 fully saturated rings. The summed E-state index contributed by atoms with van der Waals surface area (Å²) >= 11 is 0. The number of pyridine rings is 1. The fourth-order valence-corrected chi connectivity index (χ4v) is 5.68. The molecule has 2 bridgehead atoms. The molecule has 6 nitrogen and oxygen atoms in total. The Labute approximate surface area is 172 Å². The van der Waals surface area contributed by atoms with Crippen LogP contribution in [0.1, 0.15) is 45.0 Å². The summed E-state index contributed by atoms with van der Waals surface area (Å²) in [5.41, 5.74) is 5.65. The van der Waals surface area contributed by atoms with Gasteiger partial charge >= 0.3 is 6.18 Å². The molecule has 162 valence electrons. The number of hydrogen-bond donors (Lipinski definition) is 2. The summed E-state index contributed by atoms with van der Waals surface area (Å²) < 4.78 is 41.8. The molecule has 0 radical (unpaired) electrons. The van der Waals surface area contributed by atoms with Crippen LogP contribution in [0.4, 0.5) is 19.0 Å². The SMILES string of the molecule is CC(C)n1nc(-c2cnc(N)c(C(F)(F)F)c2)cc1[C@@]12C3[C@H]1[C@H]2CN3CC(C)(C)O. The number of halogens is 3. The average molecular weight is 421 g/mol. The lowest BCUT2D eigenvalue weighted by Crippen LogP contribution is -2.38. The largest absolute Gasteiger partial charge is 0.419 e. The summed E-state index contributed by atoms with van der Waals surface area (Å²) in [4.78, 5) is 6.11. The van der Waals surface area contributed by atoms with Crippen LogP contribution in [0.15, 0.2) is 18.3 Å². The Kier molecular flexibility index (Phi) is 3.80. The summed E-state index contributed by atoms with van der Waals surface area (Å²) in [6.45, 7) is 9.23. The maximum atomic E-state index is 13.3. The van der Waals surface area contributed by atoms with Crippen LogP contribution in [0.2, 0.25) is 0 Å². The number of hydrogen-bond acceptors (Lipinski definition) is 5. The van der Waals surface area contributed by atoms with Gasteiger partial charge in [0.25, 0.3) is 0 Å². The maximum Gasteiger partial charge on any atom is 0.419 e. The standard InChI is InChI=1S/C21H26F3N5O/c1-10(2)29-15(20-13-8-28(9-19(3,4)30)17(20)16(13)20)6-14(27-29)11-5-12(21(22,23)24)18(25)26-7-11/h5-7,10,13,16-17,30H,8-9H2,1-4H3,(H2,25,26)/t13-,16-,17?,20-/m1/s1. The number of fused-ring (bicyclic) bond motifs is 1. The van der Waals surface area contributed by atoms with E-state index in [-0.39, 0.29) is 11.5 Å². The van der Waals surface area contributed by atoms with Gasteiger partial charge in [-0.05, 0) is 51.7 Å². The van der Waals surface area contributed by atoms with E-state index >= 15 is 0 Å². The third kappa shape index (κ3) is 2.64. The normalized spacial score (nSPS) is 30.1. The molecule has 2 aromatic heterocycles. The van der Waals surface area contributed by atoms with Crippen molar-refractivity contribution in [3.05, 3.63) is 29.6 Å². The summed E-state index contributed by atoms with van der Waals surface area (Å²) in [6, 6.07) is 3.42. The molecule has 2 aromatic rings. The molecular formula is C21H26F3N5O. The molecule has 4 atom stereocenters. The van der Waals surface area contributed by atoms with Crippen LogP contribution >= 0.6 is 0 Å². The summed E-state index contributed by atoms with van der Waals surface area (Å²) in [6.07, 6.45) is -3.21. The van der Waals surface area contributed by atoms with Crippen molar-refractivity contribution in [1.82, 2.24) is 19.7 Å². The Morgan fingerprint density at radius 1 is 1.30 bits per heavy atom. The first-order valence-electron chi connectivity index (χ1n) is 10.2. The highest BCUT2D eigenvalue weighted by Gasteiger charge is 2.93. The van der Waals surface area contributed by atoms with Crippen molar-refractivity contribution >= 4 is 5.82 Å². The van der Waals surface area contributed by atoms with Crippen LogP contribution in [-0.4, -0.2) is 49.5 Å². The predicted octanol–water partition coefficient (Wildman–Crippen LogP) is 3.08. The zero-order valence-electron chi connectivity index (χ0n) is 17.4. The van der Waals surface area contributed by atoms with Crippen LogP contribution < -0.4 is 5.73 Å². The number of aromatic nitrogens is 3. The Bertz CT molecular complexity index is 1020. The van der Waals surface area contributed by atoms with Gasteiger partial charge in [0.05, 0.1) is 16.9 Å². The van der Waals surface area contributed by atoms with E-state index in [1.54, 1.807) is 0 Å². The third-order valence-electron chi connectivity index (χ3n) is 6.81. The Hall–Kier alpha value is -2.13. The Balaban J connectivity index is 1.51. The van der Waals surface area contributed by atoms with Crippen molar-refractivity contribution in [2.75, 3.05) is 18.8 Å². The van der Waals surface area contributed by atoms with Gasteiger partial charge in [0.2, 0.25) is 0 Å². The quantitative estimate of drug-likeness (QED) is 0.776. The number of anilines is 1. The molecule has 3 N–H and O–H groups in total. The lowest BCUT2D eigenvalue weighted by atomic mass is 10.0. The molecule has 2 saturated heterocycles. The molecule has 2 aliphatic carbocycles. The topological polar surface area (TPSA) is 80.2 Å². The monoisotopic (exact) mass is 421 g/mol. The number of alkyl halides is 3. The van der Waals surface area contributed by atoms with Gasteiger partial charge in [-0.2, -0.15) is 18.3 Å². The van der Waals surface area contributed by atoms with Crippen LogP contribution in [0.25, 0.3) is 11.3 Å². The molecule has 2 saturated carbocycles. The lowest BCUT2D eigenvalue weighted by molar-refractivity contribution is -0.137. The zero-order valence-corrected chi connectivity index (χ0v) is 17.4. The van der Waals surface area contributed by atoms with Gasteiger partial charge in [-0.25, -0.2) is 4.98 Å². The molecule has 0 amide bonds. The van der Waals surface area contributed by atoms with E-state index in [1.807, 2.05) is 38.4 Å². The van der Waals surface area contributed by atoms with Crippen molar-refractivity contribution in [1.29, 1.82) is 0 Å². The number of piperidine rings is 1. The second kappa shape index (κ2) is 5.76. The number of nitrogens with two attached hydrogens (primary N) is 1. The van der Waals surface area contributed by atoms with E-state index in [1.165, 1.54) is 6.20 Å². The van der Waals surface area contributed by atoms with Crippen molar-refractivity contribution in [2.45, 2.75) is 57.0 Å². The molecule has 30 heavy (non-hydrogen) atoms. The fraction of sp³-hybridized carbons (Fsp3) is 0.619. The second-order valence-corrected chi connectivity index (χ2v) is 9.86. The summed E-state index contributed by atoms with van der Waals surface area (Å²) in [5.74, 6) is 0.553. The van der Waals surface area contributed by atoms with E-state index in [0.29, 0.717) is 35.7 Å². The first-order valence-corrected chi connectivity index (χ1v) is 10.2. The maximum absolute atomic E-state index is 13.3. The van der Waals surface area contributed by atoms with E-state index in [9.17, 15) is 18.3 Å². The average Bonchev–Trinajstić information content (AvgIpc) is 3.18. The molecule has 4 heterocycles. The molecule has 2 aliphatic heterocycles. The van der Waals surface area contributed by atoms with E-state index in [4.69, 9.17) is 5.73 Å². The van der Waals surface area contributed by atoms with Gasteiger partial charge in [-0.1, -0.05) is 0 Å². The highest BCUT2D eigenvalue weighted by molar-refractivity contribution is 5.65. The number of rotatable bonds is 5. The second-order valence-electron chi connectivity index (χ2n) is 9.86. The van der Waals surface area contributed by atoms with Gasteiger partial charge in [0.1, 0.15) is 5.82 Å². The van der Waals surface area contributed by atoms with Gasteiger partial charge < -0.3 is 10.8 Å². The number of nitrogen functional groups attached to an aromatic ring is 1. The van der Waals surface area contributed by atoms with E-state index in [2.05, 4.69) is 15.0 Å². The first kappa shape index (κ1) is 19.8. The van der Waals surface area contributed by atoms with Gasteiger partial charge in [-0.15, -0.1) is 0 Å². The highest BCUT2D eigenvalue weighted by atomic mass is 19.4. The molecule has 4 aliphatic rings. The zero-order chi connectivity index (χ0) is 21.8. The van der Waals surface area contributed by atoms with Crippen molar-refractivity contribution < 1.29 is 18.3 Å². The minimum absolute atomic E-state index is 0.0227. The Morgan fingerprint density at radius 2 is 2.00 bits per heavy atom. The third-order valence-corrected chi connectivity index (χ3v) is 6.81. The number of aliphatic hydroxyl groups is 1. The van der Waals surface area contributed by atoms with Crippen LogP contribution in [0.5, 0.6) is 0 Å². The van der Waals surface area contributed by atoms with Crippen LogP contribution in [-0.2, 0) is 11.6 Å². The molecule has 9 heteroatoms. The van der Waals surface area contributed by atoms with Gasteiger partial charge in [0, 0.05) is 48.0 Å². The van der Waals surface area contributed by atoms with Crippen molar-refractivity contribution in [2.24, 2.45) is 11.8 Å². The number of nitrogens with zero attached hydrogens (tertiary/aromatic N) is 4. The lowest BCUT2D eigenvalue weighted by Gasteiger charge is -2.25. The van der Waals surface area contributed by atoms with Gasteiger partial charge in [0.15, 0.2) is 0 Å². The minimum Gasteiger partial charge on any atom is -0.389 e. The van der Waals surface area contributed by atoms with Crippen LogP contribution in [0.3, 0.4) is 0 Å². The fourth-order valence-electron chi connectivity index (χ4n) is 5.68. The smallest absolute Gasteiger partial charge is 0.389 e. The highest BCUT2D eigenvalue weighted by Crippen LogP contribution is 2.85. The summed E-state index contributed by atoms with van der Waals surface area (Å²) in [7, 11) is 0. The van der Waals surface area contributed by atoms with Gasteiger partial charge in [-0.3, -0.25) is 9.58 Å². The molecule has 0 aromatic carbocycles. The minimum atomic E-state index is -4.57. The van der Waals surface area contributed by atoms with E-state index in [0.717, 1.165) is 18.3 Å². The van der Waals surface area contributed by atoms with E-state index < -0.39 is 23.2 Å².